The molecule has 0 aliphatic rings. The van der Waals surface area contributed by atoms with Crippen LogP contribution in [0.25, 0.3) is 0 Å². The fourth-order valence-corrected chi connectivity index (χ4v) is 2.40. The van der Waals surface area contributed by atoms with Crippen LogP contribution in [-0.4, -0.2) is 29.8 Å². The highest BCUT2D eigenvalue weighted by Crippen LogP contribution is 2.30. The SMILES string of the molecule is CCN(C)/C=N/c1cc(Br)c(OCc2ccccc2Cl)nc1C. The summed E-state index contributed by atoms with van der Waals surface area (Å²) in [6.07, 6.45) is 1.79. The first-order chi connectivity index (χ1) is 11.0. The van der Waals surface area contributed by atoms with Crippen LogP contribution in [0.2, 0.25) is 5.02 Å². The van der Waals surface area contributed by atoms with Crippen molar-refractivity contribution in [3.63, 3.8) is 0 Å². The lowest BCUT2D eigenvalue weighted by Gasteiger charge is -2.11. The van der Waals surface area contributed by atoms with Gasteiger partial charge in [-0.25, -0.2) is 9.98 Å². The Labute approximate surface area is 150 Å². The molecule has 0 bridgehead atoms. The lowest BCUT2D eigenvalue weighted by atomic mass is 10.2. The monoisotopic (exact) mass is 395 g/mol. The van der Waals surface area contributed by atoms with E-state index < -0.39 is 0 Å². The first-order valence-corrected chi connectivity index (χ1v) is 8.46. The molecular formula is C17H19BrClN3O. The zero-order chi connectivity index (χ0) is 16.8. The minimum atomic E-state index is 0.367. The van der Waals surface area contributed by atoms with Crippen LogP contribution in [0.4, 0.5) is 5.69 Å². The number of hydrogen-bond acceptors (Lipinski definition) is 3. The predicted molar refractivity (Wildman–Crippen MR) is 98.9 cm³/mol. The van der Waals surface area contributed by atoms with Crippen LogP contribution in [-0.2, 0) is 6.61 Å². The highest BCUT2D eigenvalue weighted by atomic mass is 79.9. The summed E-state index contributed by atoms with van der Waals surface area (Å²) < 4.78 is 6.55. The number of benzene rings is 1. The molecule has 0 aliphatic carbocycles. The Morgan fingerprint density at radius 3 is 2.83 bits per heavy atom. The minimum absolute atomic E-state index is 0.367. The fraction of sp³-hybridized carbons (Fsp3) is 0.294. The van der Waals surface area contributed by atoms with Gasteiger partial charge >= 0.3 is 0 Å². The smallest absolute Gasteiger partial charge is 0.228 e. The number of aryl methyl sites for hydroxylation is 1. The second-order valence-corrected chi connectivity index (χ2v) is 6.34. The van der Waals surface area contributed by atoms with E-state index in [0.717, 1.165) is 28.0 Å². The third-order valence-corrected chi connectivity index (χ3v) is 4.26. The van der Waals surface area contributed by atoms with E-state index in [2.05, 4.69) is 32.8 Å². The van der Waals surface area contributed by atoms with Crippen molar-refractivity contribution >= 4 is 39.6 Å². The van der Waals surface area contributed by atoms with Crippen LogP contribution < -0.4 is 4.74 Å². The van der Waals surface area contributed by atoms with Gasteiger partial charge in [-0.05, 0) is 41.9 Å². The summed E-state index contributed by atoms with van der Waals surface area (Å²) in [5.74, 6) is 0.533. The van der Waals surface area contributed by atoms with Crippen molar-refractivity contribution in [1.82, 2.24) is 9.88 Å². The van der Waals surface area contributed by atoms with Crippen LogP contribution in [0.1, 0.15) is 18.2 Å². The molecule has 2 rings (SSSR count). The number of nitrogens with zero attached hydrogens (tertiary/aromatic N) is 3. The molecule has 6 heteroatoms. The summed E-state index contributed by atoms with van der Waals surface area (Å²) in [6.45, 7) is 5.24. The molecule has 1 heterocycles. The summed E-state index contributed by atoms with van der Waals surface area (Å²) >= 11 is 9.62. The van der Waals surface area contributed by atoms with Crippen LogP contribution in [0.5, 0.6) is 5.88 Å². The number of pyridine rings is 1. The Morgan fingerprint density at radius 1 is 1.39 bits per heavy atom. The Kier molecular flexibility index (Phi) is 6.42. The maximum Gasteiger partial charge on any atom is 0.228 e. The molecule has 0 saturated heterocycles. The van der Waals surface area contributed by atoms with Gasteiger partial charge < -0.3 is 9.64 Å². The fourth-order valence-electron chi connectivity index (χ4n) is 1.79. The Hall–Kier alpha value is -1.59. The summed E-state index contributed by atoms with van der Waals surface area (Å²) in [5.41, 5.74) is 2.54. The molecule has 0 aliphatic heterocycles. The van der Waals surface area contributed by atoms with Crippen molar-refractivity contribution < 1.29 is 4.74 Å². The average molecular weight is 397 g/mol. The molecular weight excluding hydrogens is 378 g/mol. The molecule has 122 valence electrons. The Morgan fingerprint density at radius 2 is 2.13 bits per heavy atom. The quantitative estimate of drug-likeness (QED) is 0.509. The lowest BCUT2D eigenvalue weighted by Crippen LogP contribution is -2.14. The van der Waals surface area contributed by atoms with Crippen molar-refractivity contribution in [3.8, 4) is 5.88 Å². The Bertz CT molecular complexity index is 706. The van der Waals surface area contributed by atoms with Crippen molar-refractivity contribution in [2.24, 2.45) is 4.99 Å². The van der Waals surface area contributed by atoms with Gasteiger partial charge in [0, 0.05) is 24.2 Å². The largest absolute Gasteiger partial charge is 0.472 e. The van der Waals surface area contributed by atoms with E-state index >= 15 is 0 Å². The minimum Gasteiger partial charge on any atom is -0.472 e. The third-order valence-electron chi connectivity index (χ3n) is 3.32. The normalized spacial score (nSPS) is 11.0. The number of rotatable bonds is 6. The highest BCUT2D eigenvalue weighted by molar-refractivity contribution is 9.10. The van der Waals surface area contributed by atoms with E-state index in [0.29, 0.717) is 17.5 Å². The van der Waals surface area contributed by atoms with Crippen molar-refractivity contribution in [2.45, 2.75) is 20.5 Å². The van der Waals surface area contributed by atoms with Gasteiger partial charge in [-0.3, -0.25) is 0 Å². The number of aliphatic imine (C=N–C) groups is 1. The molecule has 2 aromatic rings. The van der Waals surface area contributed by atoms with Gasteiger partial charge in [-0.2, -0.15) is 0 Å². The van der Waals surface area contributed by atoms with Crippen molar-refractivity contribution in [1.29, 1.82) is 0 Å². The summed E-state index contributed by atoms with van der Waals surface area (Å²) in [4.78, 5) is 10.9. The van der Waals surface area contributed by atoms with Crippen LogP contribution in [0, 0.1) is 6.92 Å². The van der Waals surface area contributed by atoms with Gasteiger partial charge in [0.2, 0.25) is 5.88 Å². The van der Waals surface area contributed by atoms with E-state index in [4.69, 9.17) is 16.3 Å². The Balaban J connectivity index is 2.14. The number of aromatic nitrogens is 1. The molecule has 0 atom stereocenters. The van der Waals surface area contributed by atoms with E-state index in [1.807, 2.05) is 49.2 Å². The first-order valence-electron chi connectivity index (χ1n) is 7.29. The molecule has 0 N–H and O–H groups in total. The van der Waals surface area contributed by atoms with E-state index in [9.17, 15) is 0 Å². The molecule has 1 aromatic carbocycles. The van der Waals surface area contributed by atoms with Gasteiger partial charge in [-0.1, -0.05) is 29.8 Å². The molecule has 23 heavy (non-hydrogen) atoms. The molecule has 0 amide bonds. The number of ether oxygens (including phenoxy) is 1. The first kappa shape index (κ1) is 17.8. The number of hydrogen-bond donors (Lipinski definition) is 0. The van der Waals surface area contributed by atoms with Crippen LogP contribution >= 0.6 is 27.5 Å². The lowest BCUT2D eigenvalue weighted by molar-refractivity contribution is 0.291. The number of halogens is 2. The molecule has 0 fully saturated rings. The average Bonchev–Trinajstić information content (AvgIpc) is 2.54. The maximum atomic E-state index is 6.14. The van der Waals surface area contributed by atoms with E-state index in [-0.39, 0.29) is 0 Å². The van der Waals surface area contributed by atoms with Crippen molar-refractivity contribution in [3.05, 3.63) is 51.1 Å². The summed E-state index contributed by atoms with van der Waals surface area (Å²) in [7, 11) is 1.97. The van der Waals surface area contributed by atoms with Gasteiger partial charge in [0.25, 0.3) is 0 Å². The molecule has 4 nitrogen and oxygen atoms in total. The predicted octanol–water partition coefficient (Wildman–Crippen LogP) is 5.00. The second-order valence-electron chi connectivity index (χ2n) is 5.08. The van der Waals surface area contributed by atoms with Gasteiger partial charge in [0.1, 0.15) is 6.61 Å². The molecule has 0 saturated carbocycles. The third kappa shape index (κ3) is 4.94. The molecule has 1 aromatic heterocycles. The van der Waals surface area contributed by atoms with Gasteiger partial charge in [0.15, 0.2) is 0 Å². The molecule has 0 spiro atoms. The van der Waals surface area contributed by atoms with Crippen LogP contribution in [0.15, 0.2) is 39.8 Å². The van der Waals surface area contributed by atoms with E-state index in [1.165, 1.54) is 0 Å². The summed E-state index contributed by atoms with van der Waals surface area (Å²) in [6, 6.07) is 9.51. The van der Waals surface area contributed by atoms with Gasteiger partial charge in [-0.15, -0.1) is 0 Å². The molecule has 0 radical (unpaired) electrons. The summed E-state index contributed by atoms with van der Waals surface area (Å²) in [5, 5.41) is 0.684. The zero-order valence-electron chi connectivity index (χ0n) is 13.4. The topological polar surface area (TPSA) is 37.7 Å². The van der Waals surface area contributed by atoms with E-state index in [1.54, 1.807) is 6.34 Å². The molecule has 0 unspecified atom stereocenters. The standard InChI is InChI=1S/C17H19BrClN3O/c1-4-22(3)11-20-16-9-14(18)17(21-12(16)2)23-10-13-7-5-6-8-15(13)19/h5-9,11H,4,10H2,1-3H3/b20-11+. The highest BCUT2D eigenvalue weighted by Gasteiger charge is 2.09. The van der Waals surface area contributed by atoms with Gasteiger partial charge in [0.05, 0.1) is 22.2 Å². The van der Waals surface area contributed by atoms with Crippen molar-refractivity contribution in [2.75, 3.05) is 13.6 Å². The van der Waals surface area contributed by atoms with Crippen LogP contribution in [0.3, 0.4) is 0 Å². The maximum absolute atomic E-state index is 6.14. The zero-order valence-corrected chi connectivity index (χ0v) is 15.7. The second kappa shape index (κ2) is 8.31.